The van der Waals surface area contributed by atoms with Gasteiger partial charge in [0.2, 0.25) is 0 Å². The third kappa shape index (κ3) is 3.86. The van der Waals surface area contributed by atoms with Gasteiger partial charge < -0.3 is 9.47 Å². The van der Waals surface area contributed by atoms with Gasteiger partial charge >= 0.3 is 11.9 Å². The van der Waals surface area contributed by atoms with Crippen molar-refractivity contribution >= 4 is 35.0 Å². The van der Waals surface area contributed by atoms with Crippen molar-refractivity contribution in [3.05, 3.63) is 51.7 Å². The molecule has 6 heteroatoms. The molecular formula is C15H14O4S2. The number of carbonyl (C=O) groups is 2. The molecule has 0 spiro atoms. The average molecular weight is 322 g/mol. The highest BCUT2D eigenvalue weighted by Crippen LogP contribution is 2.34. The fraction of sp³-hybridized carbons (Fsp3) is 0.200. The highest BCUT2D eigenvalue weighted by atomic mass is 32.2. The fourth-order valence-corrected chi connectivity index (χ4v) is 3.85. The van der Waals surface area contributed by atoms with Crippen molar-refractivity contribution in [1.82, 2.24) is 0 Å². The van der Waals surface area contributed by atoms with Gasteiger partial charge in [-0.2, -0.15) is 0 Å². The summed E-state index contributed by atoms with van der Waals surface area (Å²) in [5.41, 5.74) is 1.14. The zero-order valence-corrected chi connectivity index (χ0v) is 13.3. The van der Waals surface area contributed by atoms with Gasteiger partial charge in [0.1, 0.15) is 9.75 Å². The summed E-state index contributed by atoms with van der Waals surface area (Å²) in [5, 5.41) is 0. The molecule has 0 amide bonds. The Hall–Kier alpha value is -1.79. The van der Waals surface area contributed by atoms with Crippen LogP contribution < -0.4 is 0 Å². The molecule has 0 aliphatic rings. The molecule has 0 N–H and O–H groups in total. The molecule has 4 nitrogen and oxygen atoms in total. The molecule has 0 radical (unpaired) electrons. The van der Waals surface area contributed by atoms with Crippen molar-refractivity contribution in [2.24, 2.45) is 0 Å². The minimum atomic E-state index is -0.447. The van der Waals surface area contributed by atoms with Crippen molar-refractivity contribution in [1.29, 1.82) is 0 Å². The van der Waals surface area contributed by atoms with E-state index in [2.05, 4.69) is 0 Å². The summed E-state index contributed by atoms with van der Waals surface area (Å²) in [6, 6.07) is 11.6. The lowest BCUT2D eigenvalue weighted by atomic mass is 10.2. The summed E-state index contributed by atoms with van der Waals surface area (Å²) >= 11 is 2.58. The van der Waals surface area contributed by atoms with Gasteiger partial charge in [0.05, 0.1) is 14.2 Å². The second kappa shape index (κ2) is 7.28. The van der Waals surface area contributed by atoms with Gasteiger partial charge in [-0.05, 0) is 11.6 Å². The number of esters is 2. The predicted octanol–water partition coefficient (Wildman–Crippen LogP) is 3.61. The molecule has 21 heavy (non-hydrogen) atoms. The average Bonchev–Trinajstić information content (AvgIpc) is 2.96. The highest BCUT2D eigenvalue weighted by molar-refractivity contribution is 7.98. The molecule has 0 saturated carbocycles. The summed E-state index contributed by atoms with van der Waals surface area (Å²) in [6.07, 6.45) is 0. The molecule has 0 aliphatic heterocycles. The van der Waals surface area contributed by atoms with Gasteiger partial charge in [0, 0.05) is 10.6 Å². The summed E-state index contributed by atoms with van der Waals surface area (Å²) in [7, 11) is 2.64. The molecule has 0 aliphatic carbocycles. The van der Waals surface area contributed by atoms with Crippen LogP contribution in [-0.4, -0.2) is 26.2 Å². The second-order valence-electron chi connectivity index (χ2n) is 4.06. The van der Waals surface area contributed by atoms with E-state index in [1.807, 2.05) is 30.3 Å². The highest BCUT2D eigenvalue weighted by Gasteiger charge is 2.21. The van der Waals surface area contributed by atoms with E-state index in [1.54, 1.807) is 6.07 Å². The Morgan fingerprint density at radius 1 is 1.10 bits per heavy atom. The van der Waals surface area contributed by atoms with Crippen LogP contribution in [0.4, 0.5) is 0 Å². The van der Waals surface area contributed by atoms with E-state index in [0.29, 0.717) is 15.5 Å². The number of benzene rings is 1. The first-order chi connectivity index (χ1) is 10.2. The number of ether oxygens (including phenoxy) is 2. The van der Waals surface area contributed by atoms with Crippen LogP contribution in [0.2, 0.25) is 0 Å². The normalized spacial score (nSPS) is 10.2. The van der Waals surface area contributed by atoms with Crippen LogP contribution in [0, 0.1) is 0 Å². The van der Waals surface area contributed by atoms with Gasteiger partial charge in [-0.25, -0.2) is 9.59 Å². The fourth-order valence-electron chi connectivity index (χ4n) is 1.65. The Labute approximate surface area is 131 Å². The van der Waals surface area contributed by atoms with E-state index in [-0.39, 0.29) is 0 Å². The molecule has 0 fully saturated rings. The number of thioether (sulfide) groups is 1. The quantitative estimate of drug-likeness (QED) is 0.622. The third-order valence-corrected chi connectivity index (χ3v) is 5.03. The number of methoxy groups -OCH3 is 2. The Kier molecular flexibility index (Phi) is 5.41. The Balaban J connectivity index is 2.22. The van der Waals surface area contributed by atoms with E-state index >= 15 is 0 Å². The van der Waals surface area contributed by atoms with Crippen LogP contribution in [0.25, 0.3) is 0 Å². The second-order valence-corrected chi connectivity index (χ2v) is 6.13. The summed E-state index contributed by atoms with van der Waals surface area (Å²) in [6.45, 7) is 0. The minimum absolute atomic E-state index is 0.397. The van der Waals surface area contributed by atoms with Crippen molar-refractivity contribution < 1.29 is 19.1 Å². The number of hydrogen-bond donors (Lipinski definition) is 0. The zero-order chi connectivity index (χ0) is 15.2. The van der Waals surface area contributed by atoms with Crippen LogP contribution in [0.3, 0.4) is 0 Å². The summed E-state index contributed by atoms with van der Waals surface area (Å²) < 4.78 is 9.45. The Morgan fingerprint density at radius 3 is 2.38 bits per heavy atom. The van der Waals surface area contributed by atoms with E-state index in [0.717, 1.165) is 21.8 Å². The molecule has 2 rings (SSSR count). The lowest BCUT2D eigenvalue weighted by molar-refractivity contribution is 0.0596. The van der Waals surface area contributed by atoms with E-state index < -0.39 is 11.9 Å². The van der Waals surface area contributed by atoms with Gasteiger partial charge in [-0.15, -0.1) is 23.1 Å². The number of thiophene rings is 1. The summed E-state index contributed by atoms with van der Waals surface area (Å²) in [4.78, 5) is 24.9. The zero-order valence-electron chi connectivity index (χ0n) is 11.6. The predicted molar refractivity (Wildman–Crippen MR) is 83.0 cm³/mol. The standard InChI is InChI=1S/C15H14O4S2/c1-18-14(16)12-8-11(13(21-12)15(17)19-2)20-9-10-6-4-3-5-7-10/h3-8H,9H2,1-2H3. The molecule has 1 aromatic heterocycles. The minimum Gasteiger partial charge on any atom is -0.465 e. The smallest absolute Gasteiger partial charge is 0.349 e. The molecule has 110 valence electrons. The molecule has 1 heterocycles. The topological polar surface area (TPSA) is 52.6 Å². The van der Waals surface area contributed by atoms with Crippen LogP contribution in [0.1, 0.15) is 24.9 Å². The maximum absolute atomic E-state index is 11.8. The Bertz CT molecular complexity index is 634. The number of rotatable bonds is 5. The molecule has 0 atom stereocenters. The van der Waals surface area contributed by atoms with Gasteiger partial charge in [0.15, 0.2) is 0 Å². The monoisotopic (exact) mass is 322 g/mol. The van der Waals surface area contributed by atoms with E-state index in [9.17, 15) is 9.59 Å². The third-order valence-electron chi connectivity index (χ3n) is 2.69. The van der Waals surface area contributed by atoms with Crippen molar-refractivity contribution in [2.75, 3.05) is 14.2 Å². The summed E-state index contributed by atoms with van der Waals surface area (Å²) in [5.74, 6) is -0.176. The SMILES string of the molecule is COC(=O)c1cc(SCc2ccccc2)c(C(=O)OC)s1. The maximum Gasteiger partial charge on any atom is 0.349 e. The van der Waals surface area contributed by atoms with Gasteiger partial charge in [-0.1, -0.05) is 30.3 Å². The first-order valence-electron chi connectivity index (χ1n) is 6.13. The molecular weight excluding hydrogens is 308 g/mol. The van der Waals surface area contributed by atoms with Crippen LogP contribution in [0.15, 0.2) is 41.3 Å². The lowest BCUT2D eigenvalue weighted by Crippen LogP contribution is -1.99. The Morgan fingerprint density at radius 2 is 1.76 bits per heavy atom. The number of carbonyl (C=O) groups excluding carboxylic acids is 2. The lowest BCUT2D eigenvalue weighted by Gasteiger charge is -2.02. The van der Waals surface area contributed by atoms with E-state index in [4.69, 9.17) is 9.47 Å². The number of hydrogen-bond acceptors (Lipinski definition) is 6. The van der Waals surface area contributed by atoms with Crippen molar-refractivity contribution in [3.63, 3.8) is 0 Å². The maximum atomic E-state index is 11.8. The van der Waals surface area contributed by atoms with Gasteiger partial charge in [0.25, 0.3) is 0 Å². The molecule has 2 aromatic rings. The first-order valence-corrected chi connectivity index (χ1v) is 7.93. The van der Waals surface area contributed by atoms with Crippen molar-refractivity contribution in [3.8, 4) is 0 Å². The van der Waals surface area contributed by atoms with E-state index in [1.165, 1.54) is 26.0 Å². The molecule has 0 bridgehead atoms. The van der Waals surface area contributed by atoms with Crippen LogP contribution >= 0.6 is 23.1 Å². The van der Waals surface area contributed by atoms with Crippen molar-refractivity contribution in [2.45, 2.75) is 10.6 Å². The largest absolute Gasteiger partial charge is 0.465 e. The van der Waals surface area contributed by atoms with Gasteiger partial charge in [-0.3, -0.25) is 0 Å². The molecule has 0 saturated heterocycles. The van der Waals surface area contributed by atoms with Crippen LogP contribution in [-0.2, 0) is 15.2 Å². The molecule has 0 unspecified atom stereocenters. The van der Waals surface area contributed by atoms with Crippen LogP contribution in [0.5, 0.6) is 0 Å². The first kappa shape index (κ1) is 15.6. The molecule has 1 aromatic carbocycles.